The number of hydrogen-bond acceptors (Lipinski definition) is 4. The number of quaternary nitrogens is 1. The van der Waals surface area contributed by atoms with Crippen molar-refractivity contribution in [3.8, 4) is 0 Å². The Morgan fingerprint density at radius 1 is 1.33 bits per heavy atom. The zero-order valence-electron chi connectivity index (χ0n) is 10.1. The first-order chi connectivity index (χ1) is 6.77. The van der Waals surface area contributed by atoms with Gasteiger partial charge in [-0.1, -0.05) is 6.92 Å². The summed E-state index contributed by atoms with van der Waals surface area (Å²) in [6, 6.07) is 0. The molecule has 0 aromatic heterocycles. The first-order valence-electron chi connectivity index (χ1n) is 5.27. The van der Waals surface area contributed by atoms with Crippen molar-refractivity contribution in [3.63, 3.8) is 0 Å². The van der Waals surface area contributed by atoms with E-state index in [-0.39, 0.29) is 30.2 Å². The van der Waals surface area contributed by atoms with Crippen LogP contribution in [0.1, 0.15) is 20.3 Å². The lowest BCUT2D eigenvalue weighted by Gasteiger charge is -2.41. The van der Waals surface area contributed by atoms with Gasteiger partial charge < -0.3 is 20.1 Å². The highest BCUT2D eigenvalue weighted by atomic mass is 16.5. The molecule has 15 heavy (non-hydrogen) atoms. The summed E-state index contributed by atoms with van der Waals surface area (Å²) in [7, 11) is 3.48. The molecule has 0 aromatic carbocycles. The summed E-state index contributed by atoms with van der Waals surface area (Å²) in [5.74, 6) is -1.74. The second-order valence-electron chi connectivity index (χ2n) is 4.40. The molecule has 5 nitrogen and oxygen atoms in total. The van der Waals surface area contributed by atoms with E-state index < -0.39 is 5.91 Å². The lowest BCUT2D eigenvalue weighted by Crippen LogP contribution is -2.61. The first-order valence-corrected chi connectivity index (χ1v) is 5.27. The number of likely N-dealkylation sites (N-methyl/N-ethyl adjacent to an activating group) is 1. The van der Waals surface area contributed by atoms with Gasteiger partial charge in [0.15, 0.2) is 0 Å². The van der Waals surface area contributed by atoms with Gasteiger partial charge in [-0.2, -0.15) is 0 Å². The third-order valence-electron chi connectivity index (χ3n) is 2.65. The number of aliphatic hydroxyl groups excluding tert-OH is 1. The van der Waals surface area contributed by atoms with Crippen molar-refractivity contribution in [2.24, 2.45) is 0 Å². The Kier molecular flexibility index (Phi) is 5.69. The quantitative estimate of drug-likeness (QED) is 0.401. The largest absolute Gasteiger partial charge is 0.394 e. The van der Waals surface area contributed by atoms with Crippen LogP contribution in [0.25, 0.3) is 0 Å². The molecule has 0 aromatic rings. The fraction of sp³-hybridized carbons (Fsp3) is 1.00. The molecule has 0 rings (SSSR count). The smallest absolute Gasteiger partial charge is 0.313 e. The number of ether oxygens (including phenoxy) is 1. The average molecular weight is 222 g/mol. The zero-order valence-corrected chi connectivity index (χ0v) is 10.1. The molecule has 0 fully saturated rings. The van der Waals surface area contributed by atoms with Crippen LogP contribution in [0.2, 0.25) is 0 Å². The lowest BCUT2D eigenvalue weighted by molar-refractivity contribution is -0.997. The average Bonchev–Trinajstić information content (AvgIpc) is 2.13. The van der Waals surface area contributed by atoms with Gasteiger partial charge in [0, 0.05) is 0 Å². The molecule has 0 saturated carbocycles. The summed E-state index contributed by atoms with van der Waals surface area (Å²) < 4.78 is 5.33. The Balaban J connectivity index is 4.24. The molecule has 0 aliphatic carbocycles. The van der Waals surface area contributed by atoms with Crippen LogP contribution >= 0.6 is 0 Å². The lowest BCUT2D eigenvalue weighted by atomic mass is 10.2. The predicted molar refractivity (Wildman–Crippen MR) is 56.9 cm³/mol. The number of nitrogens with zero attached hydrogens (tertiary/aromatic N) is 1. The van der Waals surface area contributed by atoms with Gasteiger partial charge in [0.1, 0.15) is 12.6 Å². The standard InChI is InChI=1S/C10H24NO4/c1-5-10(13,14)11(3,4)8-9(2)15-7-6-12/h9,12-14H,5-8H2,1-4H3/q+1. The van der Waals surface area contributed by atoms with Crippen LogP contribution in [0, 0.1) is 0 Å². The third kappa shape index (κ3) is 4.44. The van der Waals surface area contributed by atoms with E-state index in [1.807, 2.05) is 6.92 Å². The van der Waals surface area contributed by atoms with Gasteiger partial charge in [-0.05, 0) is 6.92 Å². The minimum atomic E-state index is -1.74. The van der Waals surface area contributed by atoms with E-state index in [4.69, 9.17) is 9.84 Å². The third-order valence-corrected chi connectivity index (χ3v) is 2.65. The second kappa shape index (κ2) is 5.77. The molecule has 0 spiro atoms. The zero-order chi connectivity index (χ0) is 12.1. The highest BCUT2D eigenvalue weighted by Crippen LogP contribution is 2.19. The maximum Gasteiger partial charge on any atom is 0.313 e. The van der Waals surface area contributed by atoms with Gasteiger partial charge in [-0.25, -0.2) is 0 Å². The Morgan fingerprint density at radius 2 is 1.87 bits per heavy atom. The van der Waals surface area contributed by atoms with Crippen molar-refractivity contribution >= 4 is 0 Å². The monoisotopic (exact) mass is 222 g/mol. The summed E-state index contributed by atoms with van der Waals surface area (Å²) in [5, 5.41) is 28.1. The Labute approximate surface area is 91.5 Å². The SMILES string of the molecule is CCC(O)(O)[N+](C)(C)CC(C)OCCO. The number of aliphatic hydroxyl groups is 3. The van der Waals surface area contributed by atoms with Crippen LogP contribution < -0.4 is 0 Å². The number of hydrogen-bond donors (Lipinski definition) is 3. The van der Waals surface area contributed by atoms with Crippen molar-refractivity contribution < 1.29 is 24.5 Å². The van der Waals surface area contributed by atoms with Crippen LogP contribution in [0.4, 0.5) is 0 Å². The molecule has 1 atom stereocenters. The molecule has 1 unspecified atom stereocenters. The number of rotatable bonds is 7. The normalized spacial score (nSPS) is 15.4. The van der Waals surface area contributed by atoms with E-state index in [1.54, 1.807) is 21.0 Å². The summed E-state index contributed by atoms with van der Waals surface area (Å²) in [5.41, 5.74) is 0. The molecule has 92 valence electrons. The molecular weight excluding hydrogens is 198 g/mol. The summed E-state index contributed by atoms with van der Waals surface area (Å²) in [6.45, 7) is 4.30. The van der Waals surface area contributed by atoms with Crippen molar-refractivity contribution in [1.29, 1.82) is 0 Å². The van der Waals surface area contributed by atoms with Gasteiger partial charge in [-0.3, -0.25) is 4.48 Å². The van der Waals surface area contributed by atoms with Crippen molar-refractivity contribution in [1.82, 2.24) is 0 Å². The highest BCUT2D eigenvalue weighted by Gasteiger charge is 2.41. The van der Waals surface area contributed by atoms with Crippen molar-refractivity contribution in [2.45, 2.75) is 32.3 Å². The summed E-state index contributed by atoms with van der Waals surface area (Å²) in [4.78, 5) is 0. The molecule has 5 heteroatoms. The van der Waals surface area contributed by atoms with E-state index in [1.165, 1.54) is 0 Å². The van der Waals surface area contributed by atoms with Gasteiger partial charge >= 0.3 is 5.91 Å². The highest BCUT2D eigenvalue weighted by molar-refractivity contribution is 4.54. The topological polar surface area (TPSA) is 69.9 Å². The first kappa shape index (κ1) is 14.8. The molecular formula is C10H24NO4+. The van der Waals surface area contributed by atoms with Gasteiger partial charge in [0.2, 0.25) is 0 Å². The minimum absolute atomic E-state index is 0.0189. The van der Waals surface area contributed by atoms with Gasteiger partial charge in [0.05, 0.1) is 33.7 Å². The Hall–Kier alpha value is -0.200. The Morgan fingerprint density at radius 3 is 2.27 bits per heavy atom. The predicted octanol–water partition coefficient (Wildman–Crippen LogP) is -0.491. The van der Waals surface area contributed by atoms with E-state index >= 15 is 0 Å². The Bertz CT molecular complexity index is 182. The molecule has 0 radical (unpaired) electrons. The fourth-order valence-electron chi connectivity index (χ4n) is 1.52. The van der Waals surface area contributed by atoms with Crippen LogP contribution in [0.3, 0.4) is 0 Å². The van der Waals surface area contributed by atoms with Crippen LogP contribution in [0.15, 0.2) is 0 Å². The second-order valence-corrected chi connectivity index (χ2v) is 4.40. The van der Waals surface area contributed by atoms with E-state index in [2.05, 4.69) is 0 Å². The molecule has 0 saturated heterocycles. The van der Waals surface area contributed by atoms with E-state index in [0.717, 1.165) is 0 Å². The van der Waals surface area contributed by atoms with Crippen LogP contribution in [0.5, 0.6) is 0 Å². The molecule has 0 bridgehead atoms. The molecule has 3 N–H and O–H groups in total. The fourth-order valence-corrected chi connectivity index (χ4v) is 1.52. The van der Waals surface area contributed by atoms with Crippen LogP contribution in [-0.2, 0) is 4.74 Å². The van der Waals surface area contributed by atoms with Crippen LogP contribution in [-0.4, -0.2) is 65.7 Å². The van der Waals surface area contributed by atoms with Gasteiger partial charge in [-0.15, -0.1) is 0 Å². The summed E-state index contributed by atoms with van der Waals surface area (Å²) >= 11 is 0. The summed E-state index contributed by atoms with van der Waals surface area (Å²) in [6.07, 6.45) is 0.129. The molecule has 0 amide bonds. The van der Waals surface area contributed by atoms with Gasteiger partial charge in [0.25, 0.3) is 0 Å². The maximum atomic E-state index is 9.75. The van der Waals surface area contributed by atoms with E-state index in [0.29, 0.717) is 6.54 Å². The van der Waals surface area contributed by atoms with Crippen molar-refractivity contribution in [3.05, 3.63) is 0 Å². The maximum absolute atomic E-state index is 9.75. The van der Waals surface area contributed by atoms with Crippen molar-refractivity contribution in [2.75, 3.05) is 33.9 Å². The minimum Gasteiger partial charge on any atom is -0.394 e. The molecule has 0 heterocycles. The van der Waals surface area contributed by atoms with E-state index in [9.17, 15) is 10.2 Å². The molecule has 0 aliphatic heterocycles. The molecule has 0 aliphatic rings.